The maximum absolute atomic E-state index is 11.5. The molecule has 3 heterocycles. The lowest BCUT2D eigenvalue weighted by atomic mass is 9.95. The van der Waals surface area contributed by atoms with Gasteiger partial charge in [0.15, 0.2) is 18.9 Å². The molecule has 3 aliphatic rings. The van der Waals surface area contributed by atoms with E-state index in [4.69, 9.17) is 23.7 Å². The predicted octanol–water partition coefficient (Wildman–Crippen LogP) is -5.37. The minimum Gasteiger partial charge on any atom is -0.394 e. The number of hydrogen-bond donors (Lipinski definition) is 9. The Morgan fingerprint density at radius 1 is 0.743 bits per heavy atom. The molecule has 0 aromatic rings. The molecule has 3 aliphatic heterocycles. The third kappa shape index (κ3) is 5.93. The second-order valence-corrected chi connectivity index (χ2v) is 9.04. The van der Waals surface area contributed by atoms with Crippen LogP contribution in [0.25, 0.3) is 0 Å². The fraction of sp³-hybridized carbons (Fsp3) is 0.950. The van der Waals surface area contributed by atoms with Crippen LogP contribution in [0, 0.1) is 0 Å². The van der Waals surface area contributed by atoms with Gasteiger partial charge < -0.3 is 69.9 Å². The number of ether oxygens (including phenoxy) is 5. The molecule has 3 rings (SSSR count). The Hall–Kier alpha value is -1.05. The number of carbonyl (C=O) groups is 1. The van der Waals surface area contributed by atoms with E-state index in [2.05, 4.69) is 5.32 Å². The summed E-state index contributed by atoms with van der Waals surface area (Å²) in [6.45, 7) is 3.32. The van der Waals surface area contributed by atoms with Crippen molar-refractivity contribution in [2.45, 2.75) is 113 Å². The topological polar surface area (TPSA) is 237 Å². The van der Waals surface area contributed by atoms with Crippen LogP contribution in [-0.4, -0.2) is 145 Å². The summed E-state index contributed by atoms with van der Waals surface area (Å²) in [6, 6.07) is -1.32. The maximum atomic E-state index is 11.5. The number of amides is 1. The quantitative estimate of drug-likeness (QED) is 0.161. The molecule has 204 valence electrons. The van der Waals surface area contributed by atoms with Crippen molar-refractivity contribution in [3.05, 3.63) is 0 Å². The van der Waals surface area contributed by atoms with E-state index >= 15 is 0 Å². The zero-order chi connectivity index (χ0) is 26.2. The van der Waals surface area contributed by atoms with Crippen molar-refractivity contribution < 1.29 is 69.3 Å². The predicted molar refractivity (Wildman–Crippen MR) is 110 cm³/mol. The molecular formula is C20H35NO14. The van der Waals surface area contributed by atoms with Crippen LogP contribution in [0.15, 0.2) is 0 Å². The van der Waals surface area contributed by atoms with E-state index in [0.29, 0.717) is 0 Å². The molecule has 35 heavy (non-hydrogen) atoms. The van der Waals surface area contributed by atoms with E-state index in [1.807, 2.05) is 0 Å². The molecule has 0 unspecified atom stereocenters. The number of aliphatic hydroxyl groups is 8. The van der Waals surface area contributed by atoms with Crippen molar-refractivity contribution in [2.24, 2.45) is 0 Å². The number of aliphatic hydroxyl groups excluding tert-OH is 8. The second kappa shape index (κ2) is 11.6. The zero-order valence-corrected chi connectivity index (χ0v) is 19.4. The van der Waals surface area contributed by atoms with Gasteiger partial charge in [-0.3, -0.25) is 4.79 Å². The van der Waals surface area contributed by atoms with Gasteiger partial charge in [0.1, 0.15) is 61.0 Å². The van der Waals surface area contributed by atoms with Gasteiger partial charge in [0.05, 0.1) is 18.8 Å². The number of carbonyl (C=O) groups excluding carboxylic acids is 1. The molecule has 1 amide bonds. The maximum Gasteiger partial charge on any atom is 0.217 e. The molecule has 0 saturated carbocycles. The first-order valence-electron chi connectivity index (χ1n) is 11.3. The van der Waals surface area contributed by atoms with Crippen molar-refractivity contribution >= 4 is 5.91 Å². The van der Waals surface area contributed by atoms with Crippen molar-refractivity contribution in [1.82, 2.24) is 5.32 Å². The highest BCUT2D eigenvalue weighted by atomic mass is 16.7. The van der Waals surface area contributed by atoms with Gasteiger partial charge in [-0.15, -0.1) is 0 Å². The lowest BCUT2D eigenvalue weighted by molar-refractivity contribution is -0.370. The number of hydrogen-bond acceptors (Lipinski definition) is 14. The first kappa shape index (κ1) is 28.5. The van der Waals surface area contributed by atoms with E-state index in [-0.39, 0.29) is 0 Å². The van der Waals surface area contributed by atoms with Crippen molar-refractivity contribution in [2.75, 3.05) is 6.61 Å². The first-order chi connectivity index (χ1) is 16.4. The largest absolute Gasteiger partial charge is 0.394 e. The van der Waals surface area contributed by atoms with E-state index in [1.54, 1.807) is 0 Å². The van der Waals surface area contributed by atoms with E-state index in [1.165, 1.54) is 13.8 Å². The molecule has 15 nitrogen and oxygen atoms in total. The molecule has 0 aromatic carbocycles. The van der Waals surface area contributed by atoms with Crippen LogP contribution >= 0.6 is 0 Å². The van der Waals surface area contributed by atoms with Gasteiger partial charge in [0.25, 0.3) is 0 Å². The molecule has 0 radical (unpaired) electrons. The molecule has 3 fully saturated rings. The highest BCUT2D eigenvalue weighted by Crippen LogP contribution is 2.32. The average molecular weight is 513 g/mol. The fourth-order valence-corrected chi connectivity index (χ4v) is 4.35. The van der Waals surface area contributed by atoms with Gasteiger partial charge in [-0.2, -0.15) is 0 Å². The number of rotatable bonds is 6. The molecule has 3 saturated heterocycles. The van der Waals surface area contributed by atoms with Crippen LogP contribution in [0.4, 0.5) is 0 Å². The number of nitrogens with one attached hydrogen (secondary N) is 1. The standard InChI is InChI=1S/C20H35NO14/c1-5-10(24)13(27)14(28)19(31-5)35-17-11(25)6(2)32-20(15(17)29)34-16-8(4-22)33-18(30)9(12(16)26)21-7(3)23/h5-6,8-20,22,24-30H,4H2,1-3H3,(H,21,23)/t5-,6-,8+,9+,10-,11-,12+,13+,14+,15+,16+,17+,18-,19-,20+/m0/s1. The van der Waals surface area contributed by atoms with Crippen molar-refractivity contribution in [1.29, 1.82) is 0 Å². The second-order valence-electron chi connectivity index (χ2n) is 9.04. The molecule has 15 heteroatoms. The average Bonchev–Trinajstić information content (AvgIpc) is 2.80. The molecular weight excluding hydrogens is 478 g/mol. The highest BCUT2D eigenvalue weighted by Gasteiger charge is 2.52. The summed E-state index contributed by atoms with van der Waals surface area (Å²) in [4.78, 5) is 11.5. The lowest BCUT2D eigenvalue weighted by Crippen LogP contribution is -2.67. The zero-order valence-electron chi connectivity index (χ0n) is 19.4. The Labute approximate surface area is 200 Å². The van der Waals surface area contributed by atoms with Crippen LogP contribution in [0.2, 0.25) is 0 Å². The Morgan fingerprint density at radius 2 is 1.29 bits per heavy atom. The van der Waals surface area contributed by atoms with Crippen LogP contribution in [0.1, 0.15) is 20.8 Å². The highest BCUT2D eigenvalue weighted by molar-refractivity contribution is 5.73. The van der Waals surface area contributed by atoms with Crippen LogP contribution < -0.4 is 5.32 Å². The van der Waals surface area contributed by atoms with E-state index in [0.717, 1.165) is 6.92 Å². The monoisotopic (exact) mass is 513 g/mol. The Kier molecular flexibility index (Phi) is 9.42. The van der Waals surface area contributed by atoms with E-state index in [9.17, 15) is 45.6 Å². The van der Waals surface area contributed by atoms with E-state index < -0.39 is 105 Å². The summed E-state index contributed by atoms with van der Waals surface area (Å²) >= 11 is 0. The lowest BCUT2D eigenvalue weighted by Gasteiger charge is -2.48. The third-order valence-electron chi connectivity index (χ3n) is 6.41. The normalized spacial score (nSPS) is 51.1. The van der Waals surface area contributed by atoms with Gasteiger partial charge in [-0.25, -0.2) is 0 Å². The van der Waals surface area contributed by atoms with Crippen LogP contribution in [0.5, 0.6) is 0 Å². The first-order valence-corrected chi connectivity index (χ1v) is 11.3. The molecule has 0 spiro atoms. The molecule has 0 aliphatic carbocycles. The summed E-state index contributed by atoms with van der Waals surface area (Å²) in [7, 11) is 0. The van der Waals surface area contributed by atoms with Gasteiger partial charge >= 0.3 is 0 Å². The fourth-order valence-electron chi connectivity index (χ4n) is 4.35. The smallest absolute Gasteiger partial charge is 0.217 e. The molecule has 9 N–H and O–H groups in total. The third-order valence-corrected chi connectivity index (χ3v) is 6.41. The molecule has 0 aromatic heterocycles. The summed E-state index contributed by atoms with van der Waals surface area (Å²) in [5.74, 6) is -0.579. The van der Waals surface area contributed by atoms with Crippen molar-refractivity contribution in [3.8, 4) is 0 Å². The Morgan fingerprint density at radius 3 is 1.86 bits per heavy atom. The Balaban J connectivity index is 1.76. The SMILES string of the molecule is CC(=O)N[C@@H]1[C@@H](O)[C@H](O[C@H]2O[C@@H](C)[C@H](O)[C@@H](O[C@@H]3O[C@@H](C)[C@H](O)[C@@H](O)[C@H]3O)[C@H]2O)[C@@H](CO)O[C@@H]1O. The van der Waals surface area contributed by atoms with Crippen molar-refractivity contribution in [3.63, 3.8) is 0 Å². The van der Waals surface area contributed by atoms with Crippen LogP contribution in [0.3, 0.4) is 0 Å². The van der Waals surface area contributed by atoms with Gasteiger partial charge in [-0.05, 0) is 13.8 Å². The van der Waals surface area contributed by atoms with Crippen LogP contribution in [-0.2, 0) is 28.5 Å². The Bertz CT molecular complexity index is 715. The summed E-state index contributed by atoms with van der Waals surface area (Å²) < 4.78 is 27.4. The molecule has 0 bridgehead atoms. The summed E-state index contributed by atoms with van der Waals surface area (Å²) in [5, 5.41) is 84.3. The van der Waals surface area contributed by atoms with Gasteiger partial charge in [0.2, 0.25) is 5.91 Å². The minimum atomic E-state index is -1.74. The molecule has 15 atom stereocenters. The summed E-state index contributed by atoms with van der Waals surface area (Å²) in [6.07, 6.45) is -20.4. The van der Waals surface area contributed by atoms with Gasteiger partial charge in [-0.1, -0.05) is 0 Å². The minimum absolute atomic E-state index is 0.579. The summed E-state index contributed by atoms with van der Waals surface area (Å²) in [5.41, 5.74) is 0. The van der Waals surface area contributed by atoms with Gasteiger partial charge in [0, 0.05) is 6.92 Å².